The van der Waals surface area contributed by atoms with Crippen molar-refractivity contribution in [1.82, 2.24) is 9.38 Å². The van der Waals surface area contributed by atoms with E-state index in [1.165, 1.54) is 51.8 Å². The van der Waals surface area contributed by atoms with Crippen molar-refractivity contribution in [2.75, 3.05) is 6.61 Å². The average Bonchev–Trinajstić information content (AvgIpc) is 3.32. The number of thiazole rings is 1. The zero-order chi connectivity index (χ0) is 24.9. The molecule has 2 aromatic rings. The molecule has 0 bridgehead atoms. The Kier molecular flexibility index (Phi) is 10.7. The number of aromatic nitrogens is 2. The molecule has 0 saturated carbocycles. The first kappa shape index (κ1) is 29.0. The van der Waals surface area contributed by atoms with E-state index in [4.69, 9.17) is 9.41 Å². The fraction of sp³-hybridized carbons (Fsp3) is 0.769. The van der Waals surface area contributed by atoms with Crippen LogP contribution in [0.4, 0.5) is 0 Å². The summed E-state index contributed by atoms with van der Waals surface area (Å²) in [6.45, 7) is 20.2. The number of unbranched alkanes of at least 4 members (excludes halogenated alkanes) is 3. The number of carbonyl (C=O) groups excluding carboxylic acids is 1. The van der Waals surface area contributed by atoms with Crippen LogP contribution in [0, 0.1) is 6.92 Å². The average molecular weight is 600 g/mol. The molecule has 0 aliphatic heterocycles. The maximum atomic E-state index is 13.3. The predicted molar refractivity (Wildman–Crippen MR) is 150 cm³/mol. The number of carbonyl (C=O) groups is 1. The predicted octanol–water partition coefficient (Wildman–Crippen LogP) is 7.96. The number of nitrogens with zero attached hydrogens (tertiary/aromatic N) is 2. The van der Waals surface area contributed by atoms with Crippen LogP contribution in [0.5, 0.6) is 0 Å². The van der Waals surface area contributed by atoms with Gasteiger partial charge in [-0.1, -0.05) is 0 Å². The van der Waals surface area contributed by atoms with E-state index in [0.29, 0.717) is 5.69 Å². The van der Waals surface area contributed by atoms with Gasteiger partial charge in [0.1, 0.15) is 0 Å². The number of rotatable bonds is 14. The summed E-state index contributed by atoms with van der Waals surface area (Å²) in [4.78, 5) is 19.0. The van der Waals surface area contributed by atoms with E-state index in [2.05, 4.69) is 65.2 Å². The molecule has 2 rings (SSSR count). The monoisotopic (exact) mass is 600 g/mol. The molecule has 2 heterocycles. The van der Waals surface area contributed by atoms with Crippen LogP contribution in [0.2, 0.25) is 31.4 Å². The van der Waals surface area contributed by atoms with Crippen molar-refractivity contribution in [2.24, 2.45) is 0 Å². The minimum absolute atomic E-state index is 0.0373. The third kappa shape index (κ3) is 6.95. The van der Waals surface area contributed by atoms with Gasteiger partial charge in [-0.3, -0.25) is 0 Å². The molecule has 0 fully saturated rings. The van der Waals surface area contributed by atoms with Gasteiger partial charge in [-0.25, -0.2) is 0 Å². The quantitative estimate of drug-likeness (QED) is 0.164. The Morgan fingerprint density at radius 1 is 1.06 bits per heavy atom. The molecule has 2 aromatic heterocycles. The number of fused-ring (bicyclic) bond motifs is 1. The van der Waals surface area contributed by atoms with Gasteiger partial charge in [0.2, 0.25) is 0 Å². The Hall–Kier alpha value is -0.184. The molecular formula is C26H48N2O2SSiSn. The zero-order valence-corrected chi connectivity index (χ0v) is 27.4. The summed E-state index contributed by atoms with van der Waals surface area (Å²) in [6.07, 6.45) is 10.3. The molecule has 4 nitrogen and oxygen atoms in total. The second kappa shape index (κ2) is 12.2. The zero-order valence-electron chi connectivity index (χ0n) is 22.8. The molecule has 7 heteroatoms. The topological polar surface area (TPSA) is 43.6 Å². The Balaban J connectivity index is 2.42. The van der Waals surface area contributed by atoms with Crippen molar-refractivity contribution in [3.05, 3.63) is 17.7 Å². The first-order valence-corrected chi connectivity index (χ1v) is 24.3. The Morgan fingerprint density at radius 2 is 1.58 bits per heavy atom. The number of hydrogen-bond acceptors (Lipinski definition) is 4. The molecule has 0 saturated heterocycles. The van der Waals surface area contributed by atoms with E-state index in [1.807, 2.05) is 18.3 Å². The Bertz CT molecular complexity index is 892. The van der Waals surface area contributed by atoms with Gasteiger partial charge in [0.25, 0.3) is 0 Å². The van der Waals surface area contributed by atoms with Gasteiger partial charge in [0.15, 0.2) is 0 Å². The van der Waals surface area contributed by atoms with E-state index < -0.39 is 26.7 Å². The molecule has 0 aliphatic carbocycles. The van der Waals surface area contributed by atoms with Gasteiger partial charge >= 0.3 is 213 Å². The van der Waals surface area contributed by atoms with E-state index in [-0.39, 0.29) is 17.4 Å². The number of imidazole rings is 1. The van der Waals surface area contributed by atoms with Crippen LogP contribution < -0.4 is 2.89 Å². The van der Waals surface area contributed by atoms with Gasteiger partial charge in [-0.15, -0.1) is 0 Å². The van der Waals surface area contributed by atoms with Crippen LogP contribution in [-0.2, 0) is 4.43 Å². The van der Waals surface area contributed by atoms with Crippen molar-refractivity contribution in [1.29, 1.82) is 0 Å². The van der Waals surface area contributed by atoms with E-state index in [1.54, 1.807) is 2.89 Å². The maximum absolute atomic E-state index is 13.3. The second-order valence-electron chi connectivity index (χ2n) is 11.3. The van der Waals surface area contributed by atoms with Crippen LogP contribution in [0.25, 0.3) is 4.83 Å². The first-order valence-electron chi connectivity index (χ1n) is 13.1. The van der Waals surface area contributed by atoms with Gasteiger partial charge in [-0.2, -0.15) is 0 Å². The molecule has 0 aromatic carbocycles. The summed E-state index contributed by atoms with van der Waals surface area (Å²) >= 11 is -0.634. The molecular weight excluding hydrogens is 551 g/mol. The molecule has 0 unspecified atom stereocenters. The Labute approximate surface area is 211 Å². The first-order chi connectivity index (χ1) is 15.4. The molecule has 188 valence electrons. The summed E-state index contributed by atoms with van der Waals surface area (Å²) in [5, 5.41) is 0.0920. The molecule has 0 atom stereocenters. The summed E-state index contributed by atoms with van der Waals surface area (Å²) in [6, 6.07) is 0. The summed E-state index contributed by atoms with van der Waals surface area (Å²) in [5.74, 6) is 0.972. The van der Waals surface area contributed by atoms with Crippen LogP contribution in [0.15, 0.2) is 6.20 Å². The van der Waals surface area contributed by atoms with Gasteiger partial charge in [0, 0.05) is 0 Å². The van der Waals surface area contributed by atoms with Crippen LogP contribution in [0.3, 0.4) is 0 Å². The van der Waals surface area contributed by atoms with Crippen LogP contribution in [-0.4, -0.2) is 48.5 Å². The van der Waals surface area contributed by atoms with Gasteiger partial charge in [-0.05, 0) is 0 Å². The van der Waals surface area contributed by atoms with Crippen molar-refractivity contribution < 1.29 is 9.22 Å². The molecule has 0 amide bonds. The van der Waals surface area contributed by atoms with Crippen LogP contribution in [0.1, 0.15) is 96.4 Å². The summed E-state index contributed by atoms with van der Waals surface area (Å²) in [5.41, 5.74) is 0.629. The minimum atomic E-state index is -2.53. The third-order valence-electron chi connectivity index (χ3n) is 7.68. The molecule has 0 spiro atoms. The summed E-state index contributed by atoms with van der Waals surface area (Å²) in [7, 11) is -1.97. The van der Waals surface area contributed by atoms with Crippen molar-refractivity contribution >= 4 is 51.5 Å². The van der Waals surface area contributed by atoms with Crippen molar-refractivity contribution in [2.45, 2.75) is 118 Å². The number of hydrogen-bond donors (Lipinski definition) is 0. The molecule has 0 radical (unpaired) electrons. The fourth-order valence-electron chi connectivity index (χ4n) is 4.27. The Morgan fingerprint density at radius 3 is 2.03 bits per heavy atom. The van der Waals surface area contributed by atoms with Gasteiger partial charge in [0.05, 0.1) is 0 Å². The summed E-state index contributed by atoms with van der Waals surface area (Å²) < 4.78 is 14.5. The number of Topliss-reactive ketones (excluding diaryl/α,β-unsaturated/α-hetero) is 1. The molecule has 33 heavy (non-hydrogen) atoms. The third-order valence-corrected chi connectivity index (χ3v) is 31.4. The van der Waals surface area contributed by atoms with E-state index >= 15 is 0 Å². The molecule has 0 aliphatic rings. The fourth-order valence-corrected chi connectivity index (χ4v) is 25.3. The van der Waals surface area contributed by atoms with Crippen molar-refractivity contribution in [3.8, 4) is 0 Å². The molecule has 0 N–H and O–H groups in total. The van der Waals surface area contributed by atoms with Gasteiger partial charge < -0.3 is 0 Å². The SMILES string of the molecule is CCC[CH2][Sn]([CH2]CCC)([CH2]CCC)[c]1cn2c(C)nc(C(=O)CO[Si](C)(C)C(C)(C)C)c2s1. The van der Waals surface area contributed by atoms with Crippen molar-refractivity contribution in [3.63, 3.8) is 0 Å². The van der Waals surface area contributed by atoms with E-state index in [9.17, 15) is 4.79 Å². The normalized spacial score (nSPS) is 13.2. The number of aryl methyl sites for hydroxylation is 1. The number of ketones is 1. The van der Waals surface area contributed by atoms with Crippen LogP contribution >= 0.6 is 11.3 Å². The standard InChI is InChI=1S/C14H21N2O2SSi.3C4H9.Sn/c1-10-15-12(13-16(10)7-8-19-13)11(17)9-18-20(5,6)14(2,3)4;3*1-3-4-2;/h7H,9H2,1-6H3;3*1,3-4H2,2H3;. The second-order valence-corrected chi connectivity index (χ2v) is 31.3. The van der Waals surface area contributed by atoms with E-state index in [0.717, 1.165) is 10.7 Å².